The van der Waals surface area contributed by atoms with Gasteiger partial charge in [0.15, 0.2) is 4.34 Å². The summed E-state index contributed by atoms with van der Waals surface area (Å²) in [5, 5.41) is 20.3. The average molecular weight is 301 g/mol. The van der Waals surface area contributed by atoms with E-state index >= 15 is 0 Å². The molecule has 6 nitrogen and oxygen atoms in total. The van der Waals surface area contributed by atoms with Crippen LogP contribution in [0.4, 0.5) is 5.13 Å². The van der Waals surface area contributed by atoms with Crippen molar-refractivity contribution in [2.75, 3.05) is 5.32 Å². The highest BCUT2D eigenvalue weighted by Crippen LogP contribution is 2.27. The maximum atomic E-state index is 11.9. The fourth-order valence-electron chi connectivity index (χ4n) is 1.08. The third-order valence-corrected chi connectivity index (χ3v) is 4.69. The predicted octanol–water partition coefficient (Wildman–Crippen LogP) is 2.13. The molecule has 1 atom stereocenters. The topological polar surface area (TPSA) is 80.7 Å². The molecule has 1 unspecified atom stereocenters. The molecule has 0 aliphatic heterocycles. The summed E-state index contributed by atoms with van der Waals surface area (Å²) in [6.07, 6.45) is 0. The molecule has 2 aromatic heterocycles. The summed E-state index contributed by atoms with van der Waals surface area (Å²) in [6.45, 7) is 5.55. The fourth-order valence-corrected chi connectivity index (χ4v) is 3.64. The van der Waals surface area contributed by atoms with Gasteiger partial charge in [-0.25, -0.2) is 0 Å². The van der Waals surface area contributed by atoms with Gasteiger partial charge in [-0.3, -0.25) is 10.1 Å². The Balaban J connectivity index is 1.92. The van der Waals surface area contributed by atoms with E-state index in [0.717, 1.165) is 14.4 Å². The minimum atomic E-state index is -0.249. The first kappa shape index (κ1) is 13.4. The van der Waals surface area contributed by atoms with Crippen molar-refractivity contribution in [1.29, 1.82) is 0 Å². The lowest BCUT2D eigenvalue weighted by Crippen LogP contribution is -2.22. The molecular weight excluding hydrogens is 290 g/mol. The van der Waals surface area contributed by atoms with Crippen LogP contribution >= 0.6 is 34.4 Å². The molecule has 0 aromatic carbocycles. The van der Waals surface area contributed by atoms with Crippen LogP contribution < -0.4 is 5.32 Å². The highest BCUT2D eigenvalue weighted by Gasteiger charge is 2.18. The molecule has 1 amide bonds. The smallest absolute Gasteiger partial charge is 0.239 e. The summed E-state index contributed by atoms with van der Waals surface area (Å²) in [4.78, 5) is 11.9. The first-order valence-electron chi connectivity index (χ1n) is 5.12. The van der Waals surface area contributed by atoms with Crippen molar-refractivity contribution in [3.8, 4) is 0 Å². The Bertz CT molecular complexity index is 552. The highest BCUT2D eigenvalue weighted by molar-refractivity contribution is 8.02. The van der Waals surface area contributed by atoms with E-state index in [2.05, 4.69) is 25.7 Å². The number of carbonyl (C=O) groups is 1. The predicted molar refractivity (Wildman–Crippen MR) is 73.2 cm³/mol. The Morgan fingerprint density at radius 2 is 1.83 bits per heavy atom. The average Bonchev–Trinajstić information content (AvgIpc) is 2.88. The molecule has 2 heterocycles. The van der Waals surface area contributed by atoms with Crippen LogP contribution in [0.25, 0.3) is 0 Å². The molecule has 0 aliphatic rings. The molecular formula is C9H11N5OS3. The second-order valence-electron chi connectivity index (χ2n) is 3.46. The van der Waals surface area contributed by atoms with Gasteiger partial charge in [0.25, 0.3) is 0 Å². The van der Waals surface area contributed by atoms with Crippen LogP contribution in [0, 0.1) is 13.8 Å². The third kappa shape index (κ3) is 3.47. The van der Waals surface area contributed by atoms with E-state index < -0.39 is 0 Å². The molecule has 0 saturated heterocycles. The second-order valence-corrected chi connectivity index (χ2v) is 7.41. The molecule has 1 N–H and O–H groups in total. The fraction of sp³-hybridized carbons (Fsp3) is 0.444. The van der Waals surface area contributed by atoms with Crippen molar-refractivity contribution in [2.24, 2.45) is 0 Å². The number of hydrogen-bond acceptors (Lipinski definition) is 8. The minimum Gasteiger partial charge on any atom is -0.300 e. The van der Waals surface area contributed by atoms with Crippen LogP contribution in [-0.4, -0.2) is 31.6 Å². The molecule has 0 aliphatic carbocycles. The molecule has 18 heavy (non-hydrogen) atoms. The number of amides is 1. The molecule has 96 valence electrons. The van der Waals surface area contributed by atoms with Crippen molar-refractivity contribution in [3.05, 3.63) is 10.0 Å². The molecule has 0 radical (unpaired) electrons. The third-order valence-electron chi connectivity index (χ3n) is 1.91. The normalized spacial score (nSPS) is 12.4. The van der Waals surface area contributed by atoms with Gasteiger partial charge in [0.2, 0.25) is 11.0 Å². The molecule has 0 bridgehead atoms. The molecule has 2 aromatic rings. The van der Waals surface area contributed by atoms with E-state index in [9.17, 15) is 4.79 Å². The van der Waals surface area contributed by atoms with E-state index in [1.165, 1.54) is 34.4 Å². The van der Waals surface area contributed by atoms with Crippen LogP contribution in [0.15, 0.2) is 4.34 Å². The zero-order valence-corrected chi connectivity index (χ0v) is 12.4. The molecule has 0 saturated carbocycles. The van der Waals surface area contributed by atoms with Crippen LogP contribution in [0.3, 0.4) is 0 Å². The number of thioether (sulfide) groups is 1. The first-order valence-corrected chi connectivity index (χ1v) is 7.63. The Kier molecular flexibility index (Phi) is 4.25. The van der Waals surface area contributed by atoms with Gasteiger partial charge in [0, 0.05) is 0 Å². The van der Waals surface area contributed by atoms with Gasteiger partial charge in [0.1, 0.15) is 10.0 Å². The first-order chi connectivity index (χ1) is 8.54. The molecule has 0 fully saturated rings. The Morgan fingerprint density at radius 3 is 2.39 bits per heavy atom. The largest absolute Gasteiger partial charge is 0.300 e. The van der Waals surface area contributed by atoms with Crippen LogP contribution in [-0.2, 0) is 4.79 Å². The summed E-state index contributed by atoms with van der Waals surface area (Å²) in [5.41, 5.74) is 0. The van der Waals surface area contributed by atoms with Gasteiger partial charge < -0.3 is 0 Å². The number of aryl methyl sites for hydroxylation is 2. The lowest BCUT2D eigenvalue weighted by atomic mass is 10.4. The molecule has 2 rings (SSSR count). The van der Waals surface area contributed by atoms with Crippen molar-refractivity contribution in [3.63, 3.8) is 0 Å². The van der Waals surface area contributed by atoms with Gasteiger partial charge >= 0.3 is 0 Å². The summed E-state index contributed by atoms with van der Waals surface area (Å²) in [7, 11) is 0. The summed E-state index contributed by atoms with van der Waals surface area (Å²) < 4.78 is 0.795. The maximum Gasteiger partial charge on any atom is 0.239 e. The minimum absolute atomic E-state index is 0.107. The van der Waals surface area contributed by atoms with Gasteiger partial charge in [0.05, 0.1) is 5.25 Å². The number of aromatic nitrogens is 4. The van der Waals surface area contributed by atoms with Crippen LogP contribution in [0.1, 0.15) is 16.9 Å². The van der Waals surface area contributed by atoms with Gasteiger partial charge in [-0.1, -0.05) is 34.4 Å². The van der Waals surface area contributed by atoms with Crippen molar-refractivity contribution in [1.82, 2.24) is 20.4 Å². The van der Waals surface area contributed by atoms with E-state index in [-0.39, 0.29) is 11.2 Å². The molecule has 9 heteroatoms. The van der Waals surface area contributed by atoms with E-state index in [0.29, 0.717) is 5.13 Å². The van der Waals surface area contributed by atoms with Crippen molar-refractivity contribution < 1.29 is 4.79 Å². The number of nitrogens with one attached hydrogen (secondary N) is 1. The van der Waals surface area contributed by atoms with Gasteiger partial charge in [-0.2, -0.15) is 0 Å². The van der Waals surface area contributed by atoms with Gasteiger partial charge in [-0.05, 0) is 20.8 Å². The zero-order valence-electron chi connectivity index (χ0n) is 10.00. The summed E-state index contributed by atoms with van der Waals surface area (Å²) in [6, 6.07) is 0. The van der Waals surface area contributed by atoms with Crippen LogP contribution in [0.2, 0.25) is 0 Å². The summed E-state index contributed by atoms with van der Waals surface area (Å²) >= 11 is 4.22. The van der Waals surface area contributed by atoms with Crippen molar-refractivity contribution in [2.45, 2.75) is 30.4 Å². The van der Waals surface area contributed by atoms with E-state index in [4.69, 9.17) is 0 Å². The summed E-state index contributed by atoms with van der Waals surface area (Å²) in [5.74, 6) is -0.107. The zero-order chi connectivity index (χ0) is 13.1. The maximum absolute atomic E-state index is 11.9. The Labute approximate surface area is 116 Å². The Morgan fingerprint density at radius 1 is 1.17 bits per heavy atom. The quantitative estimate of drug-likeness (QED) is 0.871. The standard InChI is InChI=1S/C9H11N5OS3/c1-4(16-9-14-12-6(3)18-9)7(15)10-8-13-11-5(2)17-8/h4H,1-3H3,(H,10,13,15). The van der Waals surface area contributed by atoms with Crippen molar-refractivity contribution >= 4 is 45.5 Å². The monoisotopic (exact) mass is 301 g/mol. The lowest BCUT2D eigenvalue weighted by molar-refractivity contribution is -0.115. The number of hydrogen-bond donors (Lipinski definition) is 1. The second kappa shape index (κ2) is 5.72. The molecule has 0 spiro atoms. The van der Waals surface area contributed by atoms with Gasteiger partial charge in [-0.15, -0.1) is 20.4 Å². The van der Waals surface area contributed by atoms with E-state index in [1.807, 2.05) is 20.8 Å². The number of nitrogens with zero attached hydrogens (tertiary/aromatic N) is 4. The lowest BCUT2D eigenvalue weighted by Gasteiger charge is -2.07. The number of anilines is 1. The number of carbonyl (C=O) groups excluding carboxylic acids is 1. The Hall–Kier alpha value is -1.06. The number of rotatable bonds is 4. The van der Waals surface area contributed by atoms with Crippen LogP contribution in [0.5, 0.6) is 0 Å². The SMILES string of the molecule is Cc1nnc(NC(=O)C(C)Sc2nnc(C)s2)s1. The highest BCUT2D eigenvalue weighted by atomic mass is 32.2. The van der Waals surface area contributed by atoms with E-state index in [1.54, 1.807) is 0 Å².